The molecule has 2 aromatic rings. The van der Waals surface area contributed by atoms with Crippen LogP contribution in [-0.2, 0) is 9.59 Å². The van der Waals surface area contributed by atoms with Gasteiger partial charge in [0.25, 0.3) is 0 Å². The number of aliphatic imine (C=N–C) groups is 1. The third kappa shape index (κ3) is 4.18. The second-order valence-corrected chi connectivity index (χ2v) is 7.24. The fourth-order valence-electron chi connectivity index (χ4n) is 2.20. The van der Waals surface area contributed by atoms with E-state index < -0.39 is 5.25 Å². The molecular weight excluding hydrogens is 360 g/mol. The van der Waals surface area contributed by atoms with E-state index in [1.807, 2.05) is 5.38 Å². The second-order valence-electron chi connectivity index (χ2n) is 5.19. The van der Waals surface area contributed by atoms with Gasteiger partial charge >= 0.3 is 0 Å². The lowest BCUT2D eigenvalue weighted by molar-refractivity contribution is -0.127. The summed E-state index contributed by atoms with van der Waals surface area (Å²) in [4.78, 5) is 34.5. The number of nitrogens with zero attached hydrogens (tertiary/aromatic N) is 3. The lowest BCUT2D eigenvalue weighted by Crippen LogP contribution is -2.30. The van der Waals surface area contributed by atoms with Gasteiger partial charge in [0.2, 0.25) is 16.9 Å². The van der Waals surface area contributed by atoms with Crippen molar-refractivity contribution in [2.24, 2.45) is 4.99 Å². The number of ether oxygens (including phenoxy) is 1. The molecule has 0 bridgehead atoms. The Kier molecular flexibility index (Phi) is 5.34. The Bertz CT molecular complexity index is 790. The smallest absolute Gasteiger partial charge is 0.242 e. The first kappa shape index (κ1) is 17.4. The number of nitrogens with one attached hydrogen (secondary N) is 1. The van der Waals surface area contributed by atoms with Crippen LogP contribution in [-0.4, -0.2) is 46.3 Å². The summed E-state index contributed by atoms with van der Waals surface area (Å²) in [5.41, 5.74) is 0.659. The maximum absolute atomic E-state index is 12.3. The molecule has 130 valence electrons. The standard InChI is InChI=1S/C16H16N4O3S2/c1-20-14(22)12(25-16(20)19-15-17-7-8-24-15)9-13(21)18-10-3-5-11(23-2)6-4-10/h3-8,12H,9H2,1-2H3,(H,18,21)/t12-/m1/s1. The molecule has 1 atom stereocenters. The molecule has 3 rings (SSSR count). The SMILES string of the molecule is COc1ccc(NC(=O)C[C@H]2SC(=Nc3nccs3)N(C)C2=O)cc1. The van der Waals surface area contributed by atoms with Crippen LogP contribution in [0.1, 0.15) is 6.42 Å². The van der Waals surface area contributed by atoms with Crippen molar-refractivity contribution in [3.05, 3.63) is 35.8 Å². The Labute approximate surface area is 153 Å². The number of methoxy groups -OCH3 is 1. The molecule has 1 aromatic heterocycles. The molecule has 0 unspecified atom stereocenters. The Hall–Kier alpha value is -2.39. The maximum Gasteiger partial charge on any atom is 0.242 e. The summed E-state index contributed by atoms with van der Waals surface area (Å²) in [5, 5.41) is 5.27. The number of aromatic nitrogens is 1. The summed E-state index contributed by atoms with van der Waals surface area (Å²) in [6.07, 6.45) is 1.74. The van der Waals surface area contributed by atoms with Crippen LogP contribution in [0.25, 0.3) is 0 Å². The zero-order valence-corrected chi connectivity index (χ0v) is 15.3. The van der Waals surface area contributed by atoms with E-state index in [2.05, 4.69) is 15.3 Å². The number of carbonyl (C=O) groups excluding carboxylic acids is 2. The number of amidine groups is 1. The van der Waals surface area contributed by atoms with Crippen LogP contribution in [0.2, 0.25) is 0 Å². The summed E-state index contributed by atoms with van der Waals surface area (Å²) < 4.78 is 5.08. The molecule has 7 nitrogen and oxygen atoms in total. The molecule has 1 saturated heterocycles. The number of carbonyl (C=O) groups is 2. The van der Waals surface area contributed by atoms with Crippen molar-refractivity contribution in [1.82, 2.24) is 9.88 Å². The molecule has 0 saturated carbocycles. The normalized spacial score (nSPS) is 18.6. The van der Waals surface area contributed by atoms with Gasteiger partial charge in [-0.3, -0.25) is 14.5 Å². The van der Waals surface area contributed by atoms with Crippen LogP contribution < -0.4 is 10.1 Å². The highest BCUT2D eigenvalue weighted by atomic mass is 32.2. The van der Waals surface area contributed by atoms with Gasteiger partial charge in [0, 0.05) is 30.7 Å². The Morgan fingerprint density at radius 3 is 2.80 bits per heavy atom. The summed E-state index contributed by atoms with van der Waals surface area (Å²) >= 11 is 2.68. The summed E-state index contributed by atoms with van der Waals surface area (Å²) in [6, 6.07) is 7.03. The lowest BCUT2D eigenvalue weighted by Gasteiger charge is -2.09. The predicted molar refractivity (Wildman–Crippen MR) is 99.6 cm³/mol. The van der Waals surface area contributed by atoms with Crippen LogP contribution in [0, 0.1) is 0 Å². The molecule has 1 aliphatic rings. The topological polar surface area (TPSA) is 83.9 Å². The van der Waals surface area contributed by atoms with Gasteiger partial charge in [-0.2, -0.15) is 4.99 Å². The molecule has 1 fully saturated rings. The van der Waals surface area contributed by atoms with E-state index in [1.165, 1.54) is 28.0 Å². The van der Waals surface area contributed by atoms with Crippen molar-refractivity contribution in [3.63, 3.8) is 0 Å². The minimum Gasteiger partial charge on any atom is -0.497 e. The third-order valence-corrected chi connectivity index (χ3v) is 5.39. The van der Waals surface area contributed by atoms with Crippen LogP contribution in [0.4, 0.5) is 10.8 Å². The molecule has 9 heteroatoms. The van der Waals surface area contributed by atoms with Crippen LogP contribution >= 0.6 is 23.1 Å². The van der Waals surface area contributed by atoms with Gasteiger partial charge in [0.05, 0.1) is 7.11 Å². The number of hydrogen-bond donors (Lipinski definition) is 1. The van der Waals surface area contributed by atoms with Crippen molar-refractivity contribution < 1.29 is 14.3 Å². The van der Waals surface area contributed by atoms with E-state index in [1.54, 1.807) is 44.6 Å². The van der Waals surface area contributed by atoms with Crippen molar-refractivity contribution in [2.75, 3.05) is 19.5 Å². The third-order valence-electron chi connectivity index (χ3n) is 3.50. The average molecular weight is 376 g/mol. The van der Waals surface area contributed by atoms with Crippen molar-refractivity contribution in [2.45, 2.75) is 11.7 Å². The molecule has 2 heterocycles. The molecule has 2 amide bonds. The summed E-state index contributed by atoms with van der Waals surface area (Å²) in [7, 11) is 3.24. The number of hydrogen-bond acceptors (Lipinski definition) is 7. The van der Waals surface area contributed by atoms with Gasteiger partial charge in [-0.1, -0.05) is 11.8 Å². The minimum atomic E-state index is -0.484. The van der Waals surface area contributed by atoms with Gasteiger partial charge in [-0.25, -0.2) is 4.98 Å². The Morgan fingerprint density at radius 1 is 1.40 bits per heavy atom. The molecular formula is C16H16N4O3S2. The minimum absolute atomic E-state index is 0.0801. The fourth-order valence-corrected chi connectivity index (χ4v) is 3.90. The van der Waals surface area contributed by atoms with E-state index in [4.69, 9.17) is 4.74 Å². The quantitative estimate of drug-likeness (QED) is 0.867. The first-order chi connectivity index (χ1) is 12.1. The summed E-state index contributed by atoms with van der Waals surface area (Å²) in [6.45, 7) is 0. The number of anilines is 1. The molecule has 1 aromatic carbocycles. The van der Waals surface area contributed by atoms with Crippen molar-refractivity contribution in [3.8, 4) is 5.75 Å². The molecule has 0 aliphatic carbocycles. The average Bonchev–Trinajstić information content (AvgIpc) is 3.20. The zero-order valence-electron chi connectivity index (χ0n) is 13.6. The van der Waals surface area contributed by atoms with Crippen molar-refractivity contribution >= 4 is 50.9 Å². The summed E-state index contributed by atoms with van der Waals surface area (Å²) in [5.74, 6) is 0.356. The maximum atomic E-state index is 12.3. The number of rotatable bonds is 5. The Balaban J connectivity index is 1.62. The van der Waals surface area contributed by atoms with E-state index in [9.17, 15) is 9.59 Å². The largest absolute Gasteiger partial charge is 0.497 e. The second kappa shape index (κ2) is 7.66. The monoisotopic (exact) mass is 376 g/mol. The van der Waals surface area contributed by atoms with Crippen LogP contribution in [0.15, 0.2) is 40.8 Å². The lowest BCUT2D eigenvalue weighted by atomic mass is 10.2. The van der Waals surface area contributed by atoms with E-state index in [-0.39, 0.29) is 18.2 Å². The highest BCUT2D eigenvalue weighted by Gasteiger charge is 2.37. The molecule has 0 radical (unpaired) electrons. The van der Waals surface area contributed by atoms with Gasteiger partial charge < -0.3 is 10.1 Å². The first-order valence-corrected chi connectivity index (χ1v) is 9.19. The number of benzene rings is 1. The van der Waals surface area contributed by atoms with Gasteiger partial charge in [-0.05, 0) is 24.3 Å². The fraction of sp³-hybridized carbons (Fsp3) is 0.250. The molecule has 25 heavy (non-hydrogen) atoms. The molecule has 1 aliphatic heterocycles. The zero-order chi connectivity index (χ0) is 17.8. The number of thioether (sulfide) groups is 1. The predicted octanol–water partition coefficient (Wildman–Crippen LogP) is 2.74. The van der Waals surface area contributed by atoms with Crippen LogP contribution in [0.3, 0.4) is 0 Å². The van der Waals surface area contributed by atoms with Crippen LogP contribution in [0.5, 0.6) is 5.75 Å². The van der Waals surface area contributed by atoms with Crippen molar-refractivity contribution in [1.29, 1.82) is 0 Å². The highest BCUT2D eigenvalue weighted by Crippen LogP contribution is 2.31. The van der Waals surface area contributed by atoms with Gasteiger partial charge in [0.1, 0.15) is 11.0 Å². The highest BCUT2D eigenvalue weighted by molar-refractivity contribution is 8.15. The molecule has 0 spiro atoms. The van der Waals surface area contributed by atoms with Gasteiger partial charge in [-0.15, -0.1) is 11.3 Å². The molecule has 1 N–H and O–H groups in total. The number of amides is 2. The van der Waals surface area contributed by atoms with E-state index in [0.29, 0.717) is 21.7 Å². The van der Waals surface area contributed by atoms with Gasteiger partial charge in [0.15, 0.2) is 5.17 Å². The Morgan fingerprint density at radius 2 is 2.16 bits per heavy atom. The van der Waals surface area contributed by atoms with E-state index in [0.717, 1.165) is 0 Å². The first-order valence-electron chi connectivity index (χ1n) is 7.43. The van der Waals surface area contributed by atoms with E-state index >= 15 is 0 Å². The number of thiazole rings is 1.